The molecule has 7 heteroatoms. The van der Waals surface area contributed by atoms with Gasteiger partial charge in [0.25, 0.3) is 11.8 Å². The average molecular weight is 442 g/mol. The van der Waals surface area contributed by atoms with Crippen molar-refractivity contribution >= 4 is 27.4 Å². The van der Waals surface area contributed by atoms with E-state index in [1.54, 1.807) is 77.1 Å². The van der Waals surface area contributed by atoms with Gasteiger partial charge < -0.3 is 0 Å². The zero-order chi connectivity index (χ0) is 23.1. The molecule has 0 bridgehead atoms. The van der Waals surface area contributed by atoms with Gasteiger partial charge in [0.1, 0.15) is 0 Å². The quantitative estimate of drug-likeness (QED) is 0.502. The lowest BCUT2D eigenvalue weighted by atomic mass is 9.99. The number of Topliss-reactive ketones (excluding diaryl/α,β-unsaturated/α-hetero) is 1. The standard InChI is InChI=1S/C24H27NO5S/c1-15(2)25-22(27)19-11-8-17(12-20(19)23(25)28)13-21(26)18-9-6-16(7-10-18)14-31(29,30)24(3,4)5/h6-12,15H,13-14H2,1-5H3. The molecule has 0 saturated heterocycles. The van der Waals surface area contributed by atoms with Crippen molar-refractivity contribution in [2.24, 2.45) is 0 Å². The minimum absolute atomic E-state index is 0.0794. The molecular weight excluding hydrogens is 414 g/mol. The van der Waals surface area contributed by atoms with Gasteiger partial charge in [0.2, 0.25) is 0 Å². The summed E-state index contributed by atoms with van der Waals surface area (Å²) in [5.41, 5.74) is 2.42. The van der Waals surface area contributed by atoms with Crippen molar-refractivity contribution in [1.82, 2.24) is 4.90 Å². The number of amides is 2. The van der Waals surface area contributed by atoms with Crippen molar-refractivity contribution in [1.29, 1.82) is 0 Å². The number of carbonyl (C=O) groups is 3. The third-order valence-electron chi connectivity index (χ3n) is 5.43. The summed E-state index contributed by atoms with van der Waals surface area (Å²) in [6.45, 7) is 8.55. The highest BCUT2D eigenvalue weighted by Crippen LogP contribution is 2.26. The third kappa shape index (κ3) is 4.46. The molecule has 0 aliphatic carbocycles. The number of fused-ring (bicyclic) bond motifs is 1. The first-order valence-corrected chi connectivity index (χ1v) is 11.8. The second kappa shape index (κ2) is 8.04. The van der Waals surface area contributed by atoms with Gasteiger partial charge in [-0.15, -0.1) is 0 Å². The number of ketones is 1. The van der Waals surface area contributed by atoms with Crippen molar-refractivity contribution in [3.63, 3.8) is 0 Å². The SMILES string of the molecule is CC(C)N1C(=O)c2ccc(CC(=O)c3ccc(CS(=O)(=O)C(C)(C)C)cc3)cc2C1=O. The van der Waals surface area contributed by atoms with Crippen LogP contribution in [0.25, 0.3) is 0 Å². The number of imide groups is 1. The first kappa shape index (κ1) is 22.9. The molecule has 1 aliphatic heterocycles. The lowest BCUT2D eigenvalue weighted by Crippen LogP contribution is -2.35. The molecule has 6 nitrogen and oxygen atoms in total. The Hall–Kier alpha value is -2.80. The number of carbonyl (C=O) groups excluding carboxylic acids is 3. The smallest absolute Gasteiger partial charge is 0.261 e. The number of hydrogen-bond acceptors (Lipinski definition) is 5. The van der Waals surface area contributed by atoms with Crippen molar-refractivity contribution in [2.75, 3.05) is 0 Å². The minimum Gasteiger partial charge on any atom is -0.294 e. The Labute approximate surface area is 183 Å². The first-order valence-electron chi connectivity index (χ1n) is 10.2. The van der Waals surface area contributed by atoms with E-state index in [-0.39, 0.29) is 35.8 Å². The third-order valence-corrected chi connectivity index (χ3v) is 8.01. The summed E-state index contributed by atoms with van der Waals surface area (Å²) in [6.07, 6.45) is 0.0794. The summed E-state index contributed by atoms with van der Waals surface area (Å²) in [5, 5.41) is 0. The fourth-order valence-electron chi connectivity index (χ4n) is 3.40. The van der Waals surface area contributed by atoms with E-state index in [4.69, 9.17) is 0 Å². The maximum atomic E-state index is 12.7. The molecule has 1 heterocycles. The largest absolute Gasteiger partial charge is 0.294 e. The first-order chi connectivity index (χ1) is 14.3. The normalized spacial score (nSPS) is 14.3. The predicted molar refractivity (Wildman–Crippen MR) is 119 cm³/mol. The fourth-order valence-corrected chi connectivity index (χ4v) is 4.46. The highest BCUT2D eigenvalue weighted by Gasteiger charge is 2.37. The average Bonchev–Trinajstić information content (AvgIpc) is 2.91. The molecule has 164 valence electrons. The monoisotopic (exact) mass is 441 g/mol. The number of hydrogen-bond donors (Lipinski definition) is 0. The summed E-state index contributed by atoms with van der Waals surface area (Å²) in [5.74, 6) is -0.886. The van der Waals surface area contributed by atoms with Crippen LogP contribution in [0.5, 0.6) is 0 Å². The fraction of sp³-hybridized carbons (Fsp3) is 0.375. The van der Waals surface area contributed by atoms with Gasteiger partial charge in [0.05, 0.1) is 21.6 Å². The Balaban J connectivity index is 1.75. The van der Waals surface area contributed by atoms with E-state index in [1.807, 2.05) is 0 Å². The van der Waals surface area contributed by atoms with Crippen LogP contribution < -0.4 is 0 Å². The molecule has 0 spiro atoms. The van der Waals surface area contributed by atoms with Crippen LogP contribution >= 0.6 is 0 Å². The predicted octanol–water partition coefficient (Wildman–Crippen LogP) is 3.83. The summed E-state index contributed by atoms with van der Waals surface area (Å²) >= 11 is 0. The van der Waals surface area contributed by atoms with Crippen LogP contribution in [0.2, 0.25) is 0 Å². The highest BCUT2D eigenvalue weighted by atomic mass is 32.2. The summed E-state index contributed by atoms with van der Waals surface area (Å²) in [7, 11) is -3.31. The van der Waals surface area contributed by atoms with Crippen LogP contribution in [0.4, 0.5) is 0 Å². The van der Waals surface area contributed by atoms with Crippen LogP contribution in [0.3, 0.4) is 0 Å². The number of nitrogens with zero attached hydrogens (tertiary/aromatic N) is 1. The van der Waals surface area contributed by atoms with Crippen molar-refractivity contribution in [2.45, 2.75) is 57.6 Å². The molecular formula is C24H27NO5S. The maximum Gasteiger partial charge on any atom is 0.261 e. The molecule has 0 fully saturated rings. The zero-order valence-electron chi connectivity index (χ0n) is 18.4. The molecule has 2 aromatic rings. The highest BCUT2D eigenvalue weighted by molar-refractivity contribution is 7.91. The zero-order valence-corrected chi connectivity index (χ0v) is 19.2. The van der Waals surface area contributed by atoms with E-state index in [1.165, 1.54) is 4.90 Å². The number of benzene rings is 2. The van der Waals surface area contributed by atoms with Gasteiger partial charge in [-0.3, -0.25) is 19.3 Å². The maximum absolute atomic E-state index is 12.7. The Morgan fingerprint density at radius 2 is 1.45 bits per heavy atom. The summed E-state index contributed by atoms with van der Waals surface area (Å²) in [6, 6.07) is 11.2. The van der Waals surface area contributed by atoms with Crippen LogP contribution in [-0.4, -0.2) is 41.7 Å². The van der Waals surface area contributed by atoms with Crippen LogP contribution in [0.15, 0.2) is 42.5 Å². The molecule has 0 aromatic heterocycles. The Bertz CT molecular complexity index is 1160. The van der Waals surface area contributed by atoms with E-state index >= 15 is 0 Å². The molecule has 3 rings (SSSR count). The molecule has 0 radical (unpaired) electrons. The van der Waals surface area contributed by atoms with E-state index in [0.29, 0.717) is 27.8 Å². The van der Waals surface area contributed by atoms with E-state index in [9.17, 15) is 22.8 Å². The Morgan fingerprint density at radius 1 is 0.903 bits per heavy atom. The van der Waals surface area contributed by atoms with E-state index in [0.717, 1.165) is 0 Å². The molecule has 31 heavy (non-hydrogen) atoms. The molecule has 0 atom stereocenters. The molecule has 2 aromatic carbocycles. The van der Waals surface area contributed by atoms with Gasteiger partial charge in [-0.2, -0.15) is 0 Å². The minimum atomic E-state index is -3.31. The van der Waals surface area contributed by atoms with Crippen LogP contribution in [0, 0.1) is 0 Å². The molecule has 0 N–H and O–H groups in total. The van der Waals surface area contributed by atoms with Crippen LogP contribution in [0.1, 0.15) is 76.8 Å². The lowest BCUT2D eigenvalue weighted by Gasteiger charge is -2.19. The van der Waals surface area contributed by atoms with Gasteiger partial charge >= 0.3 is 0 Å². The molecule has 2 amide bonds. The summed E-state index contributed by atoms with van der Waals surface area (Å²) in [4.78, 5) is 38.9. The van der Waals surface area contributed by atoms with Crippen molar-refractivity contribution < 1.29 is 22.8 Å². The molecule has 0 unspecified atom stereocenters. The van der Waals surface area contributed by atoms with E-state index in [2.05, 4.69) is 0 Å². The molecule has 1 aliphatic rings. The van der Waals surface area contributed by atoms with Gasteiger partial charge in [-0.05, 0) is 57.9 Å². The Morgan fingerprint density at radius 3 is 2.00 bits per heavy atom. The van der Waals surface area contributed by atoms with Crippen molar-refractivity contribution in [3.05, 3.63) is 70.3 Å². The summed E-state index contributed by atoms with van der Waals surface area (Å²) < 4.78 is 23.9. The lowest BCUT2D eigenvalue weighted by molar-refractivity contribution is 0.0608. The van der Waals surface area contributed by atoms with Gasteiger partial charge in [0.15, 0.2) is 15.6 Å². The second-order valence-corrected chi connectivity index (χ2v) is 11.9. The second-order valence-electron chi connectivity index (χ2n) is 9.12. The van der Waals surface area contributed by atoms with Gasteiger partial charge in [-0.1, -0.05) is 30.3 Å². The van der Waals surface area contributed by atoms with Gasteiger partial charge in [-0.25, -0.2) is 8.42 Å². The Kier molecular flexibility index (Phi) is 5.93. The number of rotatable bonds is 6. The number of sulfone groups is 1. The van der Waals surface area contributed by atoms with Gasteiger partial charge in [0, 0.05) is 18.0 Å². The topological polar surface area (TPSA) is 88.6 Å². The molecule has 0 saturated carbocycles. The van der Waals surface area contributed by atoms with Crippen LogP contribution in [-0.2, 0) is 22.0 Å². The van der Waals surface area contributed by atoms with Crippen molar-refractivity contribution in [3.8, 4) is 0 Å². The van der Waals surface area contributed by atoms with E-state index < -0.39 is 14.6 Å².